The molecule has 0 saturated carbocycles. The molecular formula is C15H20FN3OS. The molecule has 21 heavy (non-hydrogen) atoms. The molecule has 0 fully saturated rings. The zero-order valence-electron chi connectivity index (χ0n) is 12.2. The average Bonchev–Trinajstić information content (AvgIpc) is 2.45. The van der Waals surface area contributed by atoms with Crippen molar-refractivity contribution in [1.29, 1.82) is 0 Å². The van der Waals surface area contributed by atoms with Crippen LogP contribution in [0.25, 0.3) is 0 Å². The zero-order chi connectivity index (χ0) is 15.5. The summed E-state index contributed by atoms with van der Waals surface area (Å²) in [5.41, 5.74) is 12.6. The largest absolute Gasteiger partial charge is 0.402 e. The summed E-state index contributed by atoms with van der Waals surface area (Å²) in [7, 11) is 0. The average molecular weight is 309 g/mol. The van der Waals surface area contributed by atoms with Crippen LogP contribution in [0.2, 0.25) is 0 Å². The Morgan fingerprint density at radius 1 is 1.52 bits per heavy atom. The molecule has 0 spiro atoms. The van der Waals surface area contributed by atoms with E-state index in [4.69, 9.17) is 16.2 Å². The van der Waals surface area contributed by atoms with Crippen LogP contribution in [0, 0.1) is 0 Å². The Morgan fingerprint density at radius 2 is 2.29 bits per heavy atom. The molecule has 0 saturated heterocycles. The van der Waals surface area contributed by atoms with E-state index in [1.165, 1.54) is 23.9 Å². The van der Waals surface area contributed by atoms with Crippen LogP contribution in [-0.4, -0.2) is 29.7 Å². The number of fused-ring (bicyclic) bond motifs is 1. The fourth-order valence-electron chi connectivity index (χ4n) is 2.46. The third-order valence-electron chi connectivity index (χ3n) is 3.45. The van der Waals surface area contributed by atoms with Gasteiger partial charge in [0, 0.05) is 17.0 Å². The molecule has 114 valence electrons. The molecule has 0 radical (unpaired) electrons. The summed E-state index contributed by atoms with van der Waals surface area (Å²) in [4.78, 5) is 4.52. The molecule has 0 unspecified atom stereocenters. The molecule has 2 rings (SSSR count). The first kappa shape index (κ1) is 15.9. The number of nitrogens with zero attached hydrogens (tertiary/aromatic N) is 1. The molecule has 0 aromatic carbocycles. The molecule has 0 aromatic heterocycles. The van der Waals surface area contributed by atoms with Gasteiger partial charge in [-0.15, -0.1) is 0 Å². The highest BCUT2D eigenvalue weighted by Crippen LogP contribution is 2.42. The highest BCUT2D eigenvalue weighted by molar-refractivity contribution is 8.14. The normalized spacial score (nSPS) is 27.9. The molecule has 4 nitrogen and oxygen atoms in total. The van der Waals surface area contributed by atoms with Crippen LogP contribution >= 0.6 is 11.8 Å². The van der Waals surface area contributed by atoms with E-state index >= 15 is 0 Å². The Bertz CT molecular complexity index is 573. The summed E-state index contributed by atoms with van der Waals surface area (Å²) in [5, 5.41) is 0.454. The van der Waals surface area contributed by atoms with E-state index in [1.54, 1.807) is 19.9 Å². The van der Waals surface area contributed by atoms with Gasteiger partial charge in [0.15, 0.2) is 5.17 Å². The molecular weight excluding hydrogens is 289 g/mol. The van der Waals surface area contributed by atoms with Gasteiger partial charge in [-0.1, -0.05) is 23.9 Å². The quantitative estimate of drug-likeness (QED) is 0.620. The van der Waals surface area contributed by atoms with E-state index < -0.39 is 5.54 Å². The van der Waals surface area contributed by atoms with Gasteiger partial charge in [0.2, 0.25) is 0 Å². The molecule has 2 aliphatic heterocycles. The fourth-order valence-corrected chi connectivity index (χ4v) is 3.34. The van der Waals surface area contributed by atoms with Crippen LogP contribution in [0.4, 0.5) is 4.39 Å². The van der Waals surface area contributed by atoms with Crippen molar-refractivity contribution >= 4 is 16.9 Å². The number of amidine groups is 1. The van der Waals surface area contributed by atoms with Gasteiger partial charge < -0.3 is 16.2 Å². The number of hydrogen-bond acceptors (Lipinski definition) is 5. The second kappa shape index (κ2) is 6.49. The lowest BCUT2D eigenvalue weighted by Crippen LogP contribution is -2.45. The number of allylic oxidation sites excluding steroid dienone is 4. The smallest absolute Gasteiger partial charge is 0.155 e. The predicted molar refractivity (Wildman–Crippen MR) is 86.6 cm³/mol. The second-order valence-corrected chi connectivity index (χ2v) is 5.97. The van der Waals surface area contributed by atoms with Crippen molar-refractivity contribution in [3.8, 4) is 0 Å². The van der Waals surface area contributed by atoms with Crippen LogP contribution in [0.1, 0.15) is 13.8 Å². The van der Waals surface area contributed by atoms with E-state index in [1.807, 2.05) is 6.08 Å². The zero-order valence-corrected chi connectivity index (χ0v) is 13.0. The molecule has 0 aromatic rings. The third kappa shape index (κ3) is 3.22. The van der Waals surface area contributed by atoms with Gasteiger partial charge in [-0.2, -0.15) is 0 Å². The number of hydrogen-bond donors (Lipinski definition) is 2. The molecule has 1 atom stereocenters. The van der Waals surface area contributed by atoms with Crippen molar-refractivity contribution in [2.24, 2.45) is 16.5 Å². The number of rotatable bonds is 3. The summed E-state index contributed by atoms with van der Waals surface area (Å²) in [6, 6.07) is 0. The van der Waals surface area contributed by atoms with Crippen LogP contribution in [-0.2, 0) is 4.74 Å². The standard InChI is InChI=1S/C15H20FN3OS/c1-3-12(13(16)5-4-10(2)17)15-9-20-7-6-11(15)8-21-14(18)19-15/h3-6H,7-9,17H2,1-2H3,(H2,18,19)/b10-4+,12-3+,13-5+/t15-/m0/s1. The van der Waals surface area contributed by atoms with Crippen LogP contribution in [0.15, 0.2) is 52.0 Å². The summed E-state index contributed by atoms with van der Waals surface area (Å²) in [5.74, 6) is 0.330. The van der Waals surface area contributed by atoms with Crippen molar-refractivity contribution in [1.82, 2.24) is 0 Å². The van der Waals surface area contributed by atoms with Crippen LogP contribution in [0.5, 0.6) is 0 Å². The van der Waals surface area contributed by atoms with Gasteiger partial charge >= 0.3 is 0 Å². The number of aliphatic imine (C=N–C) groups is 1. The maximum Gasteiger partial charge on any atom is 0.155 e. The first-order valence-corrected chi connectivity index (χ1v) is 7.70. The van der Waals surface area contributed by atoms with Gasteiger partial charge in [0.1, 0.15) is 11.4 Å². The maximum atomic E-state index is 14.6. The highest BCUT2D eigenvalue weighted by Gasteiger charge is 2.43. The molecule has 0 amide bonds. The second-order valence-electron chi connectivity index (χ2n) is 4.97. The topological polar surface area (TPSA) is 73.6 Å². The van der Waals surface area contributed by atoms with E-state index in [0.717, 1.165) is 5.57 Å². The number of thioether (sulfide) groups is 1. The van der Waals surface area contributed by atoms with E-state index in [-0.39, 0.29) is 5.83 Å². The maximum absolute atomic E-state index is 14.6. The molecule has 2 aliphatic rings. The lowest BCUT2D eigenvalue weighted by molar-refractivity contribution is 0.118. The SMILES string of the molecule is C\C=C(/C(F)=C\C=C(/C)N)[C@]12COCC=C1CSC(N)=N2. The Morgan fingerprint density at radius 3 is 2.95 bits per heavy atom. The number of ether oxygens (including phenoxy) is 1. The van der Waals surface area contributed by atoms with Crippen molar-refractivity contribution in [3.63, 3.8) is 0 Å². The van der Waals surface area contributed by atoms with Gasteiger partial charge in [-0.05, 0) is 31.6 Å². The Hall–Kier alpha value is -1.53. The lowest BCUT2D eigenvalue weighted by Gasteiger charge is -2.39. The van der Waals surface area contributed by atoms with E-state index in [2.05, 4.69) is 4.99 Å². The summed E-state index contributed by atoms with van der Waals surface area (Å²) in [6.45, 7) is 4.32. The minimum atomic E-state index is -0.848. The predicted octanol–water partition coefficient (Wildman–Crippen LogP) is 2.41. The molecule has 0 aliphatic carbocycles. The third-order valence-corrected chi connectivity index (χ3v) is 4.29. The fraction of sp³-hybridized carbons (Fsp3) is 0.400. The first-order valence-electron chi connectivity index (χ1n) is 6.71. The Balaban J connectivity index is 2.50. The van der Waals surface area contributed by atoms with Crippen molar-refractivity contribution in [2.75, 3.05) is 19.0 Å². The van der Waals surface area contributed by atoms with Gasteiger partial charge in [0.05, 0.1) is 13.2 Å². The van der Waals surface area contributed by atoms with Gasteiger partial charge in [-0.25, -0.2) is 9.38 Å². The van der Waals surface area contributed by atoms with E-state index in [9.17, 15) is 4.39 Å². The lowest BCUT2D eigenvalue weighted by atomic mass is 9.81. The molecule has 0 bridgehead atoms. The Labute approximate surface area is 128 Å². The van der Waals surface area contributed by atoms with E-state index in [0.29, 0.717) is 35.4 Å². The van der Waals surface area contributed by atoms with Crippen LogP contribution in [0.3, 0.4) is 0 Å². The van der Waals surface area contributed by atoms with Gasteiger partial charge in [-0.3, -0.25) is 0 Å². The van der Waals surface area contributed by atoms with Crippen LogP contribution < -0.4 is 11.5 Å². The molecule has 2 heterocycles. The molecule has 4 N–H and O–H groups in total. The minimum absolute atomic E-state index is 0.298. The first-order chi connectivity index (χ1) is 9.99. The molecule has 6 heteroatoms. The summed E-state index contributed by atoms with van der Waals surface area (Å²) in [6.07, 6.45) is 6.58. The van der Waals surface area contributed by atoms with Crippen molar-refractivity contribution < 1.29 is 9.13 Å². The minimum Gasteiger partial charge on any atom is -0.402 e. The summed E-state index contributed by atoms with van der Waals surface area (Å²) >= 11 is 1.46. The Kier molecular flexibility index (Phi) is 4.90. The number of nitrogens with two attached hydrogens (primary N) is 2. The number of halogens is 1. The monoisotopic (exact) mass is 309 g/mol. The van der Waals surface area contributed by atoms with Gasteiger partial charge in [0.25, 0.3) is 0 Å². The van der Waals surface area contributed by atoms with Crippen molar-refractivity contribution in [3.05, 3.63) is 47.0 Å². The highest BCUT2D eigenvalue weighted by atomic mass is 32.2. The van der Waals surface area contributed by atoms with Crippen molar-refractivity contribution in [2.45, 2.75) is 19.4 Å². The summed E-state index contributed by atoms with van der Waals surface area (Å²) < 4.78 is 20.1.